The van der Waals surface area contributed by atoms with Gasteiger partial charge in [0.25, 0.3) is 0 Å². The summed E-state index contributed by atoms with van der Waals surface area (Å²) in [5.74, 6) is 1.97. The molecule has 5 aliphatic carbocycles. The summed E-state index contributed by atoms with van der Waals surface area (Å²) in [5.41, 5.74) is 0.270. The van der Waals surface area contributed by atoms with Gasteiger partial charge in [0.1, 0.15) is 12.7 Å². The summed E-state index contributed by atoms with van der Waals surface area (Å²) in [7, 11) is 0. The third kappa shape index (κ3) is 3.99. The Morgan fingerprint density at radius 2 is 1.66 bits per heavy atom. The summed E-state index contributed by atoms with van der Waals surface area (Å²) < 4.78 is 17.4. The Bertz CT molecular complexity index is 1080. The fraction of sp³-hybridized carbons (Fsp3) is 0.941. The SMILES string of the molecule is CC1(C)CC[C@]23CC[C@]4(C)[C@H](CC[C@@H]5[C@@]6(C)CC(=O)C(OC(=O)OCC(O)CO)C(C)(C)[C@@H]6CC[C@]54C)C2C1OC3. The van der Waals surface area contributed by atoms with E-state index in [4.69, 9.17) is 19.3 Å². The van der Waals surface area contributed by atoms with Gasteiger partial charge in [0.15, 0.2) is 11.9 Å². The molecule has 5 saturated carbocycles. The highest BCUT2D eigenvalue weighted by molar-refractivity contribution is 5.87. The second kappa shape index (κ2) is 9.41. The van der Waals surface area contributed by atoms with Crippen LogP contribution in [0.25, 0.3) is 0 Å². The number of fused-ring (bicyclic) bond motifs is 5. The maximum absolute atomic E-state index is 13.9. The summed E-state index contributed by atoms with van der Waals surface area (Å²) >= 11 is 0. The van der Waals surface area contributed by atoms with E-state index in [1.807, 2.05) is 0 Å². The van der Waals surface area contributed by atoms with Gasteiger partial charge < -0.3 is 24.4 Å². The number of ether oxygens (including phenoxy) is 3. The van der Waals surface area contributed by atoms with E-state index >= 15 is 0 Å². The normalized spacial score (nSPS) is 50.0. The van der Waals surface area contributed by atoms with Crippen LogP contribution >= 0.6 is 0 Å². The molecule has 6 rings (SSSR count). The van der Waals surface area contributed by atoms with Crippen molar-refractivity contribution in [1.82, 2.24) is 0 Å². The molecule has 4 unspecified atom stereocenters. The molecule has 41 heavy (non-hydrogen) atoms. The summed E-state index contributed by atoms with van der Waals surface area (Å²) in [4.78, 5) is 26.4. The standard InChI is InChI=1S/C34H54O7/c1-29(2)12-14-34-15-13-32(6)21(25(34)27(29)40-19-34)8-9-24-31(5)16-22(37)26(41-28(38)39-18-20(36)17-35)30(3,4)23(31)10-11-33(24,32)7/h20-21,23-27,35-36H,8-19H2,1-7H3/t20?,21-,23+,24-,25?,26?,27?,31+,32-,33-,34-/m1/s1. The highest BCUT2D eigenvalue weighted by atomic mass is 16.7. The molecule has 0 amide bonds. The zero-order valence-corrected chi connectivity index (χ0v) is 26.5. The predicted octanol–water partition coefficient (Wildman–Crippen LogP) is 5.93. The molecule has 7 heteroatoms. The van der Waals surface area contributed by atoms with E-state index < -0.39 is 30.4 Å². The highest BCUT2D eigenvalue weighted by Gasteiger charge is 2.73. The van der Waals surface area contributed by atoms with Crippen LogP contribution in [-0.2, 0) is 19.0 Å². The van der Waals surface area contributed by atoms with Gasteiger partial charge in [-0.3, -0.25) is 4.79 Å². The van der Waals surface area contributed by atoms with Crippen LogP contribution in [0, 0.1) is 56.2 Å². The maximum atomic E-state index is 13.9. The van der Waals surface area contributed by atoms with Crippen molar-refractivity contribution in [3.8, 4) is 0 Å². The lowest BCUT2D eigenvalue weighted by molar-refractivity contribution is -0.248. The molecule has 1 saturated heterocycles. The average molecular weight is 575 g/mol. The lowest BCUT2D eigenvalue weighted by Gasteiger charge is -2.73. The molecule has 0 spiro atoms. The van der Waals surface area contributed by atoms with Gasteiger partial charge in [-0.1, -0.05) is 48.5 Å². The Balaban J connectivity index is 1.27. The van der Waals surface area contributed by atoms with Crippen LogP contribution in [0.15, 0.2) is 0 Å². The van der Waals surface area contributed by atoms with Gasteiger partial charge in [0, 0.05) is 11.8 Å². The van der Waals surface area contributed by atoms with E-state index in [-0.39, 0.29) is 40.0 Å². The topological polar surface area (TPSA) is 102 Å². The van der Waals surface area contributed by atoms with Crippen LogP contribution in [0.1, 0.15) is 106 Å². The van der Waals surface area contributed by atoms with Gasteiger partial charge in [-0.25, -0.2) is 4.79 Å². The zero-order chi connectivity index (χ0) is 29.8. The number of carbonyl (C=O) groups is 2. The Kier molecular flexibility index (Phi) is 6.86. The molecule has 232 valence electrons. The molecule has 2 bridgehead atoms. The van der Waals surface area contributed by atoms with Crippen molar-refractivity contribution in [3.63, 3.8) is 0 Å². The van der Waals surface area contributed by atoms with E-state index in [0.29, 0.717) is 35.7 Å². The van der Waals surface area contributed by atoms with Crippen molar-refractivity contribution in [2.75, 3.05) is 19.8 Å². The summed E-state index contributed by atoms with van der Waals surface area (Å²) in [6.07, 6.45) is 7.42. The Morgan fingerprint density at radius 1 is 0.951 bits per heavy atom. The molecule has 1 aliphatic heterocycles. The Morgan fingerprint density at radius 3 is 2.37 bits per heavy atom. The number of ketones is 1. The van der Waals surface area contributed by atoms with E-state index in [9.17, 15) is 14.7 Å². The molecule has 0 aromatic heterocycles. The van der Waals surface area contributed by atoms with Crippen LogP contribution < -0.4 is 0 Å². The Labute approximate surface area is 246 Å². The van der Waals surface area contributed by atoms with Crippen molar-refractivity contribution in [2.45, 2.75) is 125 Å². The zero-order valence-electron chi connectivity index (χ0n) is 26.5. The largest absolute Gasteiger partial charge is 0.509 e. The van der Waals surface area contributed by atoms with Gasteiger partial charge in [0.05, 0.1) is 19.3 Å². The first-order valence-corrected chi connectivity index (χ1v) is 16.3. The summed E-state index contributed by atoms with van der Waals surface area (Å²) in [5, 5.41) is 18.6. The minimum absolute atomic E-state index is 0.0204. The quantitative estimate of drug-likeness (QED) is 0.401. The number of Topliss-reactive ketones (excluding diaryl/α,β-unsaturated/α-hetero) is 1. The molecule has 7 nitrogen and oxygen atoms in total. The third-order valence-corrected chi connectivity index (χ3v) is 14.6. The van der Waals surface area contributed by atoms with E-state index in [1.54, 1.807) is 0 Å². The first-order valence-electron chi connectivity index (χ1n) is 16.3. The van der Waals surface area contributed by atoms with Crippen molar-refractivity contribution in [2.24, 2.45) is 56.2 Å². The van der Waals surface area contributed by atoms with Crippen LogP contribution in [0.5, 0.6) is 0 Å². The molecule has 0 aromatic rings. The number of aliphatic hydroxyl groups is 2. The summed E-state index contributed by atoms with van der Waals surface area (Å²) in [6.45, 7) is 16.7. The number of aliphatic hydroxyl groups excluding tert-OH is 2. The van der Waals surface area contributed by atoms with Crippen molar-refractivity contribution >= 4 is 11.9 Å². The fourth-order valence-corrected chi connectivity index (χ4v) is 12.4. The third-order valence-electron chi connectivity index (χ3n) is 14.6. The van der Waals surface area contributed by atoms with E-state index in [2.05, 4.69) is 48.5 Å². The predicted molar refractivity (Wildman–Crippen MR) is 154 cm³/mol. The maximum Gasteiger partial charge on any atom is 0.509 e. The van der Waals surface area contributed by atoms with E-state index in [1.165, 1.54) is 32.1 Å². The molecular weight excluding hydrogens is 520 g/mol. The van der Waals surface area contributed by atoms with Crippen LogP contribution in [0.3, 0.4) is 0 Å². The lowest BCUT2D eigenvalue weighted by Crippen LogP contribution is -2.69. The van der Waals surface area contributed by atoms with Gasteiger partial charge in [0.2, 0.25) is 0 Å². The van der Waals surface area contributed by atoms with Crippen molar-refractivity contribution in [1.29, 1.82) is 0 Å². The highest BCUT2D eigenvalue weighted by Crippen LogP contribution is 2.77. The van der Waals surface area contributed by atoms with Crippen LogP contribution in [0.4, 0.5) is 4.79 Å². The minimum atomic E-state index is -1.16. The number of rotatable bonds is 4. The molecule has 1 heterocycles. The van der Waals surface area contributed by atoms with Gasteiger partial charge in [-0.05, 0) is 102 Å². The second-order valence-electron chi connectivity index (χ2n) is 17.1. The van der Waals surface area contributed by atoms with Crippen molar-refractivity contribution in [3.05, 3.63) is 0 Å². The lowest BCUT2D eigenvalue weighted by atomic mass is 9.31. The molecular formula is C34H54O7. The molecule has 2 N–H and O–H groups in total. The first kappa shape index (κ1) is 29.9. The number of hydrogen-bond acceptors (Lipinski definition) is 7. The molecule has 0 radical (unpaired) electrons. The van der Waals surface area contributed by atoms with Gasteiger partial charge in [-0.2, -0.15) is 0 Å². The summed E-state index contributed by atoms with van der Waals surface area (Å²) in [6, 6.07) is 0. The number of carbonyl (C=O) groups excluding carboxylic acids is 2. The molecule has 6 aliphatic rings. The molecule has 11 atom stereocenters. The van der Waals surface area contributed by atoms with Gasteiger partial charge >= 0.3 is 6.16 Å². The smallest absolute Gasteiger partial charge is 0.431 e. The van der Waals surface area contributed by atoms with Crippen LogP contribution in [0.2, 0.25) is 0 Å². The first-order chi connectivity index (χ1) is 19.1. The van der Waals surface area contributed by atoms with Crippen LogP contribution in [-0.4, -0.2) is 60.3 Å². The molecule has 0 aromatic carbocycles. The number of hydrogen-bond donors (Lipinski definition) is 2. The molecule has 6 fully saturated rings. The van der Waals surface area contributed by atoms with Gasteiger partial charge in [-0.15, -0.1) is 0 Å². The fourth-order valence-electron chi connectivity index (χ4n) is 12.4. The minimum Gasteiger partial charge on any atom is -0.431 e. The Hall–Kier alpha value is -1.18. The monoisotopic (exact) mass is 574 g/mol. The average Bonchev–Trinajstić information content (AvgIpc) is 3.23. The van der Waals surface area contributed by atoms with E-state index in [0.717, 1.165) is 25.9 Å². The van der Waals surface area contributed by atoms with Crippen molar-refractivity contribution < 1.29 is 34.0 Å². The second-order valence-corrected chi connectivity index (χ2v) is 17.1.